The SMILES string of the molecule is O=C(CN1CCCC1C1CCCN1)N1CCNC1=O. The molecular formula is C13H22N4O2. The lowest BCUT2D eigenvalue weighted by molar-refractivity contribution is -0.129. The zero-order valence-corrected chi connectivity index (χ0v) is 11.2. The maximum Gasteiger partial charge on any atom is 0.324 e. The number of hydrogen-bond donors (Lipinski definition) is 2. The van der Waals surface area contributed by atoms with Crippen molar-refractivity contribution >= 4 is 11.9 Å². The first kappa shape index (κ1) is 12.9. The minimum atomic E-state index is -0.236. The van der Waals surface area contributed by atoms with Crippen LogP contribution in [0.4, 0.5) is 4.79 Å². The van der Waals surface area contributed by atoms with Gasteiger partial charge in [0.25, 0.3) is 0 Å². The molecule has 3 saturated heterocycles. The van der Waals surface area contributed by atoms with Gasteiger partial charge in [-0.15, -0.1) is 0 Å². The summed E-state index contributed by atoms with van der Waals surface area (Å²) in [6.45, 7) is 3.55. The van der Waals surface area contributed by atoms with Gasteiger partial charge < -0.3 is 10.6 Å². The van der Waals surface area contributed by atoms with Gasteiger partial charge in [0.1, 0.15) is 0 Å². The number of carbonyl (C=O) groups excluding carboxylic acids is 2. The summed E-state index contributed by atoms with van der Waals surface area (Å²) in [5, 5.41) is 6.21. The molecular weight excluding hydrogens is 244 g/mol. The molecule has 3 aliphatic rings. The predicted molar refractivity (Wildman–Crippen MR) is 70.7 cm³/mol. The van der Waals surface area contributed by atoms with Gasteiger partial charge in [-0.2, -0.15) is 0 Å². The Labute approximate surface area is 113 Å². The first-order chi connectivity index (χ1) is 9.25. The van der Waals surface area contributed by atoms with Gasteiger partial charge in [0, 0.05) is 25.2 Å². The smallest absolute Gasteiger partial charge is 0.324 e. The van der Waals surface area contributed by atoms with Crippen molar-refractivity contribution in [3.05, 3.63) is 0 Å². The van der Waals surface area contributed by atoms with E-state index in [0.29, 0.717) is 31.7 Å². The molecule has 0 aromatic rings. The number of imide groups is 1. The molecule has 2 atom stereocenters. The van der Waals surface area contributed by atoms with Crippen LogP contribution in [0.5, 0.6) is 0 Å². The zero-order valence-electron chi connectivity index (χ0n) is 11.2. The molecule has 0 radical (unpaired) electrons. The Morgan fingerprint density at radius 2 is 2.11 bits per heavy atom. The Kier molecular flexibility index (Phi) is 3.70. The molecule has 0 bridgehead atoms. The van der Waals surface area contributed by atoms with E-state index in [1.165, 1.54) is 17.7 Å². The summed E-state index contributed by atoms with van der Waals surface area (Å²) in [4.78, 5) is 27.3. The monoisotopic (exact) mass is 266 g/mol. The van der Waals surface area contributed by atoms with Crippen LogP contribution in [0.1, 0.15) is 25.7 Å². The molecule has 6 nitrogen and oxygen atoms in total. The molecule has 0 aliphatic carbocycles. The van der Waals surface area contributed by atoms with E-state index >= 15 is 0 Å². The Morgan fingerprint density at radius 1 is 1.21 bits per heavy atom. The minimum absolute atomic E-state index is 0.0557. The fourth-order valence-electron chi connectivity index (χ4n) is 3.51. The third-order valence-electron chi connectivity index (χ3n) is 4.47. The van der Waals surface area contributed by atoms with Gasteiger partial charge in [-0.05, 0) is 38.8 Å². The van der Waals surface area contributed by atoms with Crippen LogP contribution in [-0.4, -0.2) is 66.5 Å². The fourth-order valence-corrected chi connectivity index (χ4v) is 3.51. The summed E-state index contributed by atoms with van der Waals surface area (Å²) in [5.74, 6) is -0.0557. The lowest BCUT2D eigenvalue weighted by Crippen LogP contribution is -2.48. The number of nitrogens with zero attached hydrogens (tertiary/aromatic N) is 2. The summed E-state index contributed by atoms with van der Waals surface area (Å²) >= 11 is 0. The van der Waals surface area contributed by atoms with Crippen molar-refractivity contribution in [3.8, 4) is 0 Å². The molecule has 6 heteroatoms. The van der Waals surface area contributed by atoms with Crippen molar-refractivity contribution in [1.82, 2.24) is 20.4 Å². The van der Waals surface area contributed by atoms with E-state index in [9.17, 15) is 9.59 Å². The largest absolute Gasteiger partial charge is 0.336 e. The summed E-state index contributed by atoms with van der Waals surface area (Å²) in [6, 6.07) is 0.763. The van der Waals surface area contributed by atoms with E-state index < -0.39 is 0 Å². The average Bonchev–Trinajstić information content (AvgIpc) is 3.07. The van der Waals surface area contributed by atoms with Crippen molar-refractivity contribution in [2.24, 2.45) is 0 Å². The molecule has 3 heterocycles. The van der Waals surface area contributed by atoms with Gasteiger partial charge in [-0.1, -0.05) is 0 Å². The van der Waals surface area contributed by atoms with E-state index in [4.69, 9.17) is 0 Å². The standard InChI is InChI=1S/C13H22N4O2/c18-12(17-8-6-15-13(17)19)9-16-7-2-4-11(16)10-3-1-5-14-10/h10-11,14H,1-9H2,(H,15,19). The number of hydrogen-bond acceptors (Lipinski definition) is 4. The third-order valence-corrected chi connectivity index (χ3v) is 4.47. The molecule has 3 amide bonds. The van der Waals surface area contributed by atoms with E-state index in [2.05, 4.69) is 15.5 Å². The highest BCUT2D eigenvalue weighted by Crippen LogP contribution is 2.24. The van der Waals surface area contributed by atoms with Crippen molar-refractivity contribution in [3.63, 3.8) is 0 Å². The van der Waals surface area contributed by atoms with Crippen LogP contribution in [0.15, 0.2) is 0 Å². The highest BCUT2D eigenvalue weighted by molar-refractivity contribution is 5.96. The molecule has 3 fully saturated rings. The van der Waals surface area contributed by atoms with Crippen LogP contribution in [0.3, 0.4) is 0 Å². The second kappa shape index (κ2) is 5.46. The number of nitrogens with one attached hydrogen (secondary N) is 2. The number of amides is 3. The summed E-state index contributed by atoms with van der Waals surface area (Å²) < 4.78 is 0. The number of rotatable bonds is 3. The summed E-state index contributed by atoms with van der Waals surface area (Å²) in [7, 11) is 0. The fraction of sp³-hybridized carbons (Fsp3) is 0.846. The Bertz CT molecular complexity index is 368. The molecule has 2 unspecified atom stereocenters. The highest BCUT2D eigenvalue weighted by Gasteiger charge is 2.36. The van der Waals surface area contributed by atoms with E-state index in [0.717, 1.165) is 25.9 Å². The van der Waals surface area contributed by atoms with E-state index in [1.54, 1.807) is 0 Å². The average molecular weight is 266 g/mol. The summed E-state index contributed by atoms with van der Waals surface area (Å²) in [6.07, 6.45) is 4.76. The Balaban J connectivity index is 1.58. The first-order valence-corrected chi connectivity index (χ1v) is 7.31. The van der Waals surface area contributed by atoms with Crippen LogP contribution >= 0.6 is 0 Å². The highest BCUT2D eigenvalue weighted by atomic mass is 16.2. The molecule has 19 heavy (non-hydrogen) atoms. The van der Waals surface area contributed by atoms with Crippen molar-refractivity contribution in [2.45, 2.75) is 37.8 Å². The van der Waals surface area contributed by atoms with Gasteiger partial charge in [0.05, 0.1) is 6.54 Å². The normalized spacial score (nSPS) is 32.0. The van der Waals surface area contributed by atoms with E-state index in [-0.39, 0.29) is 11.9 Å². The summed E-state index contributed by atoms with van der Waals surface area (Å²) in [5.41, 5.74) is 0. The van der Waals surface area contributed by atoms with Gasteiger partial charge in [-0.3, -0.25) is 14.6 Å². The van der Waals surface area contributed by atoms with Crippen molar-refractivity contribution in [1.29, 1.82) is 0 Å². The second-order valence-corrected chi connectivity index (χ2v) is 5.66. The maximum absolute atomic E-state index is 12.2. The van der Waals surface area contributed by atoms with Crippen LogP contribution in [0, 0.1) is 0 Å². The van der Waals surface area contributed by atoms with Crippen molar-refractivity contribution < 1.29 is 9.59 Å². The molecule has 0 saturated carbocycles. The number of likely N-dealkylation sites (tertiary alicyclic amines) is 1. The molecule has 0 spiro atoms. The Hall–Kier alpha value is -1.14. The van der Waals surface area contributed by atoms with E-state index in [1.807, 2.05) is 0 Å². The lowest BCUT2D eigenvalue weighted by Gasteiger charge is -2.29. The predicted octanol–water partition coefficient (Wildman–Crippen LogP) is -0.245. The van der Waals surface area contributed by atoms with Crippen LogP contribution in [0.2, 0.25) is 0 Å². The zero-order chi connectivity index (χ0) is 13.2. The van der Waals surface area contributed by atoms with Crippen LogP contribution in [-0.2, 0) is 4.79 Å². The molecule has 0 aromatic heterocycles. The van der Waals surface area contributed by atoms with Gasteiger partial charge in [0.2, 0.25) is 5.91 Å². The second-order valence-electron chi connectivity index (χ2n) is 5.66. The molecule has 106 valence electrons. The third kappa shape index (κ3) is 2.60. The van der Waals surface area contributed by atoms with Gasteiger partial charge in [-0.25, -0.2) is 4.79 Å². The lowest BCUT2D eigenvalue weighted by atomic mass is 10.0. The maximum atomic E-state index is 12.2. The van der Waals surface area contributed by atoms with Crippen molar-refractivity contribution in [2.75, 3.05) is 32.7 Å². The number of carbonyl (C=O) groups is 2. The van der Waals surface area contributed by atoms with Crippen LogP contribution in [0.25, 0.3) is 0 Å². The van der Waals surface area contributed by atoms with Gasteiger partial charge in [0.15, 0.2) is 0 Å². The number of urea groups is 1. The molecule has 3 rings (SSSR count). The topological polar surface area (TPSA) is 64.7 Å². The molecule has 2 N–H and O–H groups in total. The molecule has 3 aliphatic heterocycles. The minimum Gasteiger partial charge on any atom is -0.336 e. The quantitative estimate of drug-likeness (QED) is 0.739. The molecule has 0 aromatic carbocycles. The first-order valence-electron chi connectivity index (χ1n) is 7.31. The van der Waals surface area contributed by atoms with Crippen LogP contribution < -0.4 is 10.6 Å². The Morgan fingerprint density at radius 3 is 2.79 bits per heavy atom. The van der Waals surface area contributed by atoms with Gasteiger partial charge >= 0.3 is 6.03 Å².